The maximum atomic E-state index is 14.0. The summed E-state index contributed by atoms with van der Waals surface area (Å²) in [6.45, 7) is 2.65. The van der Waals surface area contributed by atoms with E-state index < -0.39 is 23.8 Å². The number of anilines is 2. The third kappa shape index (κ3) is 5.04. The summed E-state index contributed by atoms with van der Waals surface area (Å²) >= 11 is 0.722. The first kappa shape index (κ1) is 25.2. The molecule has 1 aromatic carbocycles. The number of ether oxygens (including phenoxy) is 2. The van der Waals surface area contributed by atoms with Gasteiger partial charge in [-0.1, -0.05) is 12.1 Å². The number of carbonyl (C=O) groups is 3. The zero-order chi connectivity index (χ0) is 25.8. The molecule has 0 spiro atoms. The highest BCUT2D eigenvalue weighted by molar-refractivity contribution is 7.09. The van der Waals surface area contributed by atoms with E-state index in [0.29, 0.717) is 23.8 Å². The van der Waals surface area contributed by atoms with Crippen LogP contribution in [0, 0.1) is 6.92 Å². The number of nitrogens with zero attached hydrogens (tertiary/aromatic N) is 2. The number of methoxy groups -OCH3 is 1. The molecule has 190 valence electrons. The molecule has 11 nitrogen and oxygen atoms in total. The molecule has 1 aliphatic rings. The van der Waals surface area contributed by atoms with Crippen molar-refractivity contribution in [2.24, 2.45) is 5.73 Å². The zero-order valence-corrected chi connectivity index (χ0v) is 20.7. The molecular formula is C24H27N5O6S. The zero-order valence-electron chi connectivity index (χ0n) is 19.9. The SMILES string of the molecule is COc1ccccc1N(C(=O)c1snc(C(N)=O)c1N)[C@H](C(=O)NC[C@H]1CCCO1)c1ccc(C)o1. The van der Waals surface area contributed by atoms with Crippen LogP contribution in [0.1, 0.15) is 50.6 Å². The number of amides is 3. The van der Waals surface area contributed by atoms with Crippen LogP contribution in [-0.4, -0.2) is 48.5 Å². The molecule has 0 aliphatic carbocycles. The molecule has 3 aromatic rings. The van der Waals surface area contributed by atoms with Gasteiger partial charge in [-0.15, -0.1) is 0 Å². The number of hydrogen-bond donors (Lipinski definition) is 3. The lowest BCUT2D eigenvalue weighted by Crippen LogP contribution is -2.45. The summed E-state index contributed by atoms with van der Waals surface area (Å²) in [5, 5.41) is 2.89. The van der Waals surface area contributed by atoms with E-state index in [4.69, 9.17) is 25.4 Å². The summed E-state index contributed by atoms with van der Waals surface area (Å²) < 4.78 is 20.9. The van der Waals surface area contributed by atoms with Gasteiger partial charge in [-0.25, -0.2) is 0 Å². The Morgan fingerprint density at radius 1 is 1.28 bits per heavy atom. The maximum absolute atomic E-state index is 14.0. The largest absolute Gasteiger partial charge is 0.495 e. The number of aryl methyl sites for hydroxylation is 1. The van der Waals surface area contributed by atoms with Crippen molar-refractivity contribution in [1.82, 2.24) is 9.69 Å². The van der Waals surface area contributed by atoms with E-state index in [1.165, 1.54) is 12.0 Å². The molecule has 3 heterocycles. The Hall–Kier alpha value is -3.90. The molecule has 0 bridgehead atoms. The number of hydrogen-bond acceptors (Lipinski definition) is 9. The standard InChI is InChI=1S/C24H27N5O6S/c1-13-9-10-17(35-13)20(23(31)27-12-14-6-5-11-34-14)29(15-7-3-4-8-16(15)33-2)24(32)21-18(25)19(22(26)30)28-36-21/h3-4,7-10,14,20H,5-6,11-12,25H2,1-2H3,(H2,26,30)(H,27,31)/t14-,20+/m1/s1. The molecule has 1 saturated heterocycles. The van der Waals surface area contributed by atoms with Gasteiger partial charge in [0.15, 0.2) is 11.7 Å². The maximum Gasteiger partial charge on any atom is 0.273 e. The van der Waals surface area contributed by atoms with Gasteiger partial charge >= 0.3 is 0 Å². The highest BCUT2D eigenvalue weighted by Gasteiger charge is 2.39. The van der Waals surface area contributed by atoms with Gasteiger partial charge in [0.1, 0.15) is 22.1 Å². The Kier molecular flexibility index (Phi) is 7.55. The Labute approximate surface area is 211 Å². The van der Waals surface area contributed by atoms with E-state index in [9.17, 15) is 14.4 Å². The first-order valence-electron chi connectivity index (χ1n) is 11.3. The lowest BCUT2D eigenvalue weighted by atomic mass is 10.1. The highest BCUT2D eigenvalue weighted by atomic mass is 32.1. The number of rotatable bonds is 9. The van der Waals surface area contributed by atoms with Crippen molar-refractivity contribution in [3.63, 3.8) is 0 Å². The Morgan fingerprint density at radius 3 is 2.67 bits per heavy atom. The van der Waals surface area contributed by atoms with E-state index in [2.05, 4.69) is 9.69 Å². The number of benzene rings is 1. The second-order valence-electron chi connectivity index (χ2n) is 8.22. The summed E-state index contributed by atoms with van der Waals surface area (Å²) in [6.07, 6.45) is 1.63. The summed E-state index contributed by atoms with van der Waals surface area (Å²) in [4.78, 5) is 40.6. The average molecular weight is 514 g/mol. The van der Waals surface area contributed by atoms with Crippen molar-refractivity contribution in [1.29, 1.82) is 0 Å². The molecule has 2 aromatic heterocycles. The van der Waals surface area contributed by atoms with Crippen molar-refractivity contribution in [2.75, 3.05) is 30.9 Å². The van der Waals surface area contributed by atoms with Gasteiger partial charge in [-0.2, -0.15) is 4.37 Å². The van der Waals surface area contributed by atoms with E-state index in [-0.39, 0.29) is 34.7 Å². The van der Waals surface area contributed by atoms with E-state index in [1.54, 1.807) is 43.3 Å². The van der Waals surface area contributed by atoms with Gasteiger partial charge in [0.05, 0.1) is 24.6 Å². The van der Waals surface area contributed by atoms with Gasteiger partial charge in [0, 0.05) is 13.2 Å². The number of furan rings is 1. The number of para-hydroxylation sites is 2. The Balaban J connectivity index is 1.82. The fraction of sp³-hybridized carbons (Fsp3) is 0.333. The average Bonchev–Trinajstić information content (AvgIpc) is 3.62. The number of nitrogens with one attached hydrogen (secondary N) is 1. The molecule has 12 heteroatoms. The summed E-state index contributed by atoms with van der Waals surface area (Å²) in [7, 11) is 1.46. The van der Waals surface area contributed by atoms with Crippen molar-refractivity contribution in [2.45, 2.75) is 31.9 Å². The van der Waals surface area contributed by atoms with Crippen molar-refractivity contribution >= 4 is 40.6 Å². The van der Waals surface area contributed by atoms with Crippen LogP contribution in [0.4, 0.5) is 11.4 Å². The second-order valence-corrected chi connectivity index (χ2v) is 8.99. The predicted molar refractivity (Wildman–Crippen MR) is 133 cm³/mol. The molecule has 1 fully saturated rings. The second kappa shape index (κ2) is 10.8. The molecule has 4 rings (SSSR count). The number of aromatic nitrogens is 1. The van der Waals surface area contributed by atoms with Crippen LogP contribution in [0.15, 0.2) is 40.8 Å². The fourth-order valence-electron chi connectivity index (χ4n) is 4.02. The summed E-state index contributed by atoms with van der Waals surface area (Å²) in [6, 6.07) is 8.84. The van der Waals surface area contributed by atoms with Crippen LogP contribution < -0.4 is 26.4 Å². The Bertz CT molecular complexity index is 1270. The van der Waals surface area contributed by atoms with Crippen LogP contribution in [0.25, 0.3) is 0 Å². The lowest BCUT2D eigenvalue weighted by molar-refractivity contribution is -0.123. The number of carbonyl (C=O) groups excluding carboxylic acids is 3. The highest BCUT2D eigenvalue weighted by Crippen LogP contribution is 2.38. The Morgan fingerprint density at radius 2 is 2.06 bits per heavy atom. The molecule has 36 heavy (non-hydrogen) atoms. The molecule has 3 amide bonds. The molecule has 2 atom stereocenters. The van der Waals surface area contributed by atoms with E-state index >= 15 is 0 Å². The van der Waals surface area contributed by atoms with Crippen LogP contribution in [0.2, 0.25) is 0 Å². The normalized spacial score (nSPS) is 15.9. The number of primary amides is 1. The fourth-order valence-corrected chi connectivity index (χ4v) is 4.77. The molecule has 0 radical (unpaired) electrons. The van der Waals surface area contributed by atoms with Crippen LogP contribution in [-0.2, 0) is 9.53 Å². The van der Waals surface area contributed by atoms with Gasteiger partial charge in [-0.3, -0.25) is 19.3 Å². The molecule has 0 saturated carbocycles. The lowest BCUT2D eigenvalue weighted by Gasteiger charge is -2.31. The minimum Gasteiger partial charge on any atom is -0.495 e. The van der Waals surface area contributed by atoms with E-state index in [1.807, 2.05) is 0 Å². The number of nitrogen functional groups attached to an aromatic ring is 1. The van der Waals surface area contributed by atoms with Crippen LogP contribution in [0.3, 0.4) is 0 Å². The van der Waals surface area contributed by atoms with Crippen LogP contribution in [0.5, 0.6) is 5.75 Å². The van der Waals surface area contributed by atoms with Gasteiger partial charge < -0.3 is 30.7 Å². The first-order chi connectivity index (χ1) is 17.3. The minimum absolute atomic E-state index is 0.0464. The van der Waals surface area contributed by atoms with Gasteiger partial charge in [0.25, 0.3) is 17.7 Å². The molecule has 1 aliphatic heterocycles. The predicted octanol–water partition coefficient (Wildman–Crippen LogP) is 2.42. The molecule has 5 N–H and O–H groups in total. The van der Waals surface area contributed by atoms with Crippen LogP contribution >= 0.6 is 11.5 Å². The molecule has 0 unspecified atom stereocenters. The monoisotopic (exact) mass is 513 g/mol. The smallest absolute Gasteiger partial charge is 0.273 e. The summed E-state index contributed by atoms with van der Waals surface area (Å²) in [5.74, 6) is -0.897. The number of nitrogens with two attached hydrogens (primary N) is 2. The van der Waals surface area contributed by atoms with E-state index in [0.717, 1.165) is 24.4 Å². The van der Waals surface area contributed by atoms with Crippen molar-refractivity contribution in [3.8, 4) is 5.75 Å². The third-order valence-corrected chi connectivity index (χ3v) is 6.64. The van der Waals surface area contributed by atoms with Crippen molar-refractivity contribution < 1.29 is 28.3 Å². The quantitative estimate of drug-likeness (QED) is 0.393. The third-order valence-electron chi connectivity index (χ3n) is 5.78. The van der Waals surface area contributed by atoms with Gasteiger partial charge in [0.2, 0.25) is 0 Å². The van der Waals surface area contributed by atoms with Crippen molar-refractivity contribution in [3.05, 3.63) is 58.5 Å². The van der Waals surface area contributed by atoms with Gasteiger partial charge in [-0.05, 0) is 55.6 Å². The topological polar surface area (TPSA) is 163 Å². The first-order valence-corrected chi connectivity index (χ1v) is 12.1. The minimum atomic E-state index is -1.23. The molecular weight excluding hydrogens is 486 g/mol. The summed E-state index contributed by atoms with van der Waals surface area (Å²) in [5.41, 5.74) is 11.4.